The van der Waals surface area contributed by atoms with E-state index in [1.807, 2.05) is 54.6 Å². The molecule has 0 atom stereocenters. The average Bonchev–Trinajstić information content (AvgIpc) is 3.21. The zero-order valence-electron chi connectivity index (χ0n) is 16.9. The molecule has 0 aliphatic heterocycles. The van der Waals surface area contributed by atoms with Crippen LogP contribution in [-0.4, -0.2) is 22.8 Å². The van der Waals surface area contributed by atoms with E-state index < -0.39 is 0 Å². The van der Waals surface area contributed by atoms with Crippen LogP contribution in [0.3, 0.4) is 0 Å². The molecule has 1 aromatic heterocycles. The van der Waals surface area contributed by atoms with E-state index >= 15 is 0 Å². The van der Waals surface area contributed by atoms with Crippen molar-refractivity contribution in [3.05, 3.63) is 90.0 Å². The Labute approximate surface area is 181 Å². The molecule has 3 aromatic carbocycles. The molecule has 30 heavy (non-hydrogen) atoms. The minimum Gasteiger partial charge on any atom is -0.497 e. The molecule has 152 valence electrons. The van der Waals surface area contributed by atoms with Gasteiger partial charge in [-0.25, -0.2) is 4.98 Å². The van der Waals surface area contributed by atoms with Gasteiger partial charge in [0.1, 0.15) is 18.1 Å². The van der Waals surface area contributed by atoms with E-state index in [9.17, 15) is 0 Å². The van der Waals surface area contributed by atoms with E-state index in [0.29, 0.717) is 6.61 Å². The van der Waals surface area contributed by atoms with Crippen molar-refractivity contribution in [3.63, 3.8) is 0 Å². The number of para-hydroxylation sites is 2. The maximum absolute atomic E-state index is 5.86. The Hall–Kier alpha value is -3.18. The molecule has 0 fully saturated rings. The van der Waals surface area contributed by atoms with Crippen molar-refractivity contribution in [2.45, 2.75) is 18.2 Å². The number of fused-ring (bicyclic) bond motifs is 1. The van der Waals surface area contributed by atoms with Gasteiger partial charge in [0.15, 0.2) is 5.16 Å². The molecule has 0 unspecified atom stereocenters. The highest BCUT2D eigenvalue weighted by Gasteiger charge is 2.01. The first-order valence-corrected chi connectivity index (χ1v) is 10.9. The summed E-state index contributed by atoms with van der Waals surface area (Å²) in [7, 11) is 1.67. The van der Waals surface area contributed by atoms with Gasteiger partial charge in [-0.1, -0.05) is 60.3 Å². The summed E-state index contributed by atoms with van der Waals surface area (Å²) in [6.45, 7) is 0.540. The van der Waals surface area contributed by atoms with Gasteiger partial charge in [-0.15, -0.1) is 0 Å². The first-order chi connectivity index (χ1) is 14.8. The van der Waals surface area contributed by atoms with E-state index in [0.717, 1.165) is 45.4 Å². The normalized spacial score (nSPS) is 11.2. The fourth-order valence-corrected chi connectivity index (χ4v) is 3.80. The Morgan fingerprint density at radius 2 is 1.70 bits per heavy atom. The molecule has 1 heterocycles. The number of nitrogens with one attached hydrogen (secondary N) is 1. The van der Waals surface area contributed by atoms with Crippen LogP contribution in [-0.2, 0) is 6.61 Å². The number of aromatic nitrogens is 2. The zero-order chi connectivity index (χ0) is 20.6. The van der Waals surface area contributed by atoms with Gasteiger partial charge in [-0.05, 0) is 53.9 Å². The van der Waals surface area contributed by atoms with Gasteiger partial charge in [0.25, 0.3) is 0 Å². The minimum absolute atomic E-state index is 0.540. The summed E-state index contributed by atoms with van der Waals surface area (Å²) in [4.78, 5) is 7.94. The smallest absolute Gasteiger partial charge is 0.166 e. The maximum Gasteiger partial charge on any atom is 0.166 e. The van der Waals surface area contributed by atoms with Crippen LogP contribution in [0.1, 0.15) is 17.5 Å². The van der Waals surface area contributed by atoms with Gasteiger partial charge in [0.2, 0.25) is 0 Å². The summed E-state index contributed by atoms with van der Waals surface area (Å²) in [5.41, 5.74) is 4.39. The van der Waals surface area contributed by atoms with Gasteiger partial charge >= 0.3 is 0 Å². The van der Waals surface area contributed by atoms with Crippen molar-refractivity contribution in [2.75, 3.05) is 12.9 Å². The summed E-state index contributed by atoms with van der Waals surface area (Å²) in [5.74, 6) is 2.70. The number of hydrogen-bond donors (Lipinski definition) is 1. The van der Waals surface area contributed by atoms with E-state index in [1.165, 1.54) is 5.56 Å². The van der Waals surface area contributed by atoms with Crippen LogP contribution in [0.25, 0.3) is 17.1 Å². The van der Waals surface area contributed by atoms with Gasteiger partial charge < -0.3 is 14.5 Å². The number of thioether (sulfide) groups is 1. The molecule has 4 nitrogen and oxygen atoms in total. The van der Waals surface area contributed by atoms with Crippen molar-refractivity contribution in [1.29, 1.82) is 0 Å². The quantitative estimate of drug-likeness (QED) is 0.255. The molecule has 0 aliphatic rings. The molecule has 0 saturated heterocycles. The molecular formula is C25H24N2O2S. The fraction of sp³-hybridized carbons (Fsp3) is 0.160. The van der Waals surface area contributed by atoms with Crippen LogP contribution in [0.4, 0.5) is 0 Å². The summed E-state index contributed by atoms with van der Waals surface area (Å²) in [6, 6.07) is 24.2. The molecule has 1 N–H and O–H groups in total. The molecule has 5 heteroatoms. The molecule has 0 aliphatic carbocycles. The molecule has 0 bridgehead atoms. The third-order valence-corrected chi connectivity index (χ3v) is 5.55. The molecule has 0 amide bonds. The second-order valence-corrected chi connectivity index (χ2v) is 7.89. The molecule has 0 spiro atoms. The van der Waals surface area contributed by atoms with Crippen LogP contribution in [0.15, 0.2) is 84.0 Å². The number of nitrogens with zero attached hydrogens (tertiary/aromatic N) is 1. The van der Waals surface area contributed by atoms with Crippen molar-refractivity contribution < 1.29 is 9.47 Å². The predicted octanol–water partition coefficient (Wildman–Crippen LogP) is 6.35. The number of ether oxygens (including phenoxy) is 2. The van der Waals surface area contributed by atoms with Crippen LogP contribution < -0.4 is 9.47 Å². The highest BCUT2D eigenvalue weighted by molar-refractivity contribution is 7.99. The van der Waals surface area contributed by atoms with E-state index in [2.05, 4.69) is 40.3 Å². The Bertz CT molecular complexity index is 1070. The fourth-order valence-electron chi connectivity index (χ4n) is 3.00. The first kappa shape index (κ1) is 20.1. The van der Waals surface area contributed by atoms with Crippen LogP contribution >= 0.6 is 11.8 Å². The number of allylic oxidation sites excluding steroid dienone is 1. The number of benzene rings is 3. The Morgan fingerprint density at radius 3 is 2.47 bits per heavy atom. The van der Waals surface area contributed by atoms with Gasteiger partial charge in [-0.3, -0.25) is 0 Å². The van der Waals surface area contributed by atoms with Gasteiger partial charge in [0, 0.05) is 5.75 Å². The standard InChI is InChI=1S/C25H24N2O2S/c1-28-21-13-11-20(12-14-21)18-29-22-15-9-19(10-16-22)6-4-5-17-30-25-26-23-7-2-3-8-24(23)27-25/h2-4,6-16H,5,17-18H2,1H3,(H,26,27)/b6-4+. The van der Waals surface area contributed by atoms with Crippen molar-refractivity contribution >= 4 is 28.9 Å². The maximum atomic E-state index is 5.86. The summed E-state index contributed by atoms with van der Waals surface area (Å²) < 4.78 is 11.0. The third-order valence-electron chi connectivity index (χ3n) is 4.65. The second-order valence-electron chi connectivity index (χ2n) is 6.80. The molecule has 0 saturated carbocycles. The van der Waals surface area contributed by atoms with Crippen molar-refractivity contribution in [1.82, 2.24) is 9.97 Å². The molecule has 4 aromatic rings. The largest absolute Gasteiger partial charge is 0.497 e. The van der Waals surface area contributed by atoms with Crippen LogP contribution in [0.5, 0.6) is 11.5 Å². The number of aromatic amines is 1. The second kappa shape index (κ2) is 10.0. The molecule has 4 rings (SSSR count). The molecule has 0 radical (unpaired) electrons. The lowest BCUT2D eigenvalue weighted by atomic mass is 10.2. The van der Waals surface area contributed by atoms with Crippen LogP contribution in [0.2, 0.25) is 0 Å². The lowest BCUT2D eigenvalue weighted by Gasteiger charge is -2.07. The SMILES string of the molecule is COc1ccc(COc2ccc(/C=C/CCSc3nc4ccccc4[nH]3)cc2)cc1. The summed E-state index contributed by atoms with van der Waals surface area (Å²) in [6.07, 6.45) is 5.33. The van der Waals surface area contributed by atoms with Crippen LogP contribution in [0, 0.1) is 0 Å². The first-order valence-electron chi connectivity index (χ1n) is 9.90. The Balaban J connectivity index is 1.21. The minimum atomic E-state index is 0.540. The van der Waals surface area contributed by atoms with Gasteiger partial charge in [0.05, 0.1) is 18.1 Å². The Kier molecular flexibility index (Phi) is 6.72. The van der Waals surface area contributed by atoms with E-state index in [-0.39, 0.29) is 0 Å². The zero-order valence-corrected chi connectivity index (χ0v) is 17.7. The highest BCUT2D eigenvalue weighted by Crippen LogP contribution is 2.20. The monoisotopic (exact) mass is 416 g/mol. The number of imidazole rings is 1. The lowest BCUT2D eigenvalue weighted by molar-refractivity contribution is 0.306. The summed E-state index contributed by atoms with van der Waals surface area (Å²) in [5, 5.41) is 0.975. The van der Waals surface area contributed by atoms with Gasteiger partial charge in [-0.2, -0.15) is 0 Å². The predicted molar refractivity (Wildman–Crippen MR) is 124 cm³/mol. The topological polar surface area (TPSA) is 47.1 Å². The Morgan fingerprint density at radius 1 is 0.933 bits per heavy atom. The third kappa shape index (κ3) is 5.45. The average molecular weight is 417 g/mol. The summed E-state index contributed by atoms with van der Waals surface area (Å²) >= 11 is 1.74. The lowest BCUT2D eigenvalue weighted by Crippen LogP contribution is -1.95. The highest BCUT2D eigenvalue weighted by atomic mass is 32.2. The number of methoxy groups -OCH3 is 1. The van der Waals surface area contributed by atoms with Crippen molar-refractivity contribution in [3.8, 4) is 11.5 Å². The number of hydrogen-bond acceptors (Lipinski definition) is 4. The van der Waals surface area contributed by atoms with E-state index in [1.54, 1.807) is 18.9 Å². The molecular weight excluding hydrogens is 392 g/mol. The number of H-pyrrole nitrogens is 1. The number of rotatable bonds is 9. The van der Waals surface area contributed by atoms with E-state index in [4.69, 9.17) is 9.47 Å². The van der Waals surface area contributed by atoms with Crippen molar-refractivity contribution in [2.24, 2.45) is 0 Å².